The third kappa shape index (κ3) is 3.52. The van der Waals surface area contributed by atoms with Crippen LogP contribution in [0.4, 0.5) is 0 Å². The van der Waals surface area contributed by atoms with Crippen molar-refractivity contribution < 1.29 is 0 Å². The van der Waals surface area contributed by atoms with Gasteiger partial charge in [-0.1, -0.05) is 33.6 Å². The summed E-state index contributed by atoms with van der Waals surface area (Å²) >= 11 is 0. The molecule has 4 unspecified atom stereocenters. The molecule has 0 spiro atoms. The van der Waals surface area contributed by atoms with Gasteiger partial charge in [0.25, 0.3) is 0 Å². The highest BCUT2D eigenvalue weighted by atomic mass is 15.2. The van der Waals surface area contributed by atoms with Crippen LogP contribution < -0.4 is 5.32 Å². The van der Waals surface area contributed by atoms with Crippen molar-refractivity contribution in [2.75, 3.05) is 6.54 Å². The Bertz CT molecular complexity index is 252. The lowest BCUT2D eigenvalue weighted by Crippen LogP contribution is -2.60. The molecule has 2 heteroatoms. The number of hydrogen-bond donors (Lipinski definition) is 1. The SMILES string of the molecule is CCCNC1CC2CCCC(C1)N2C(C)C(C)CC. The van der Waals surface area contributed by atoms with Gasteiger partial charge in [-0.15, -0.1) is 0 Å². The lowest BCUT2D eigenvalue weighted by molar-refractivity contribution is -0.0218. The van der Waals surface area contributed by atoms with E-state index in [4.69, 9.17) is 0 Å². The highest BCUT2D eigenvalue weighted by molar-refractivity contribution is 4.97. The summed E-state index contributed by atoms with van der Waals surface area (Å²) in [4.78, 5) is 2.90. The Morgan fingerprint density at radius 1 is 1.11 bits per heavy atom. The lowest BCUT2D eigenvalue weighted by Gasteiger charge is -2.53. The Kier molecular flexibility index (Phi) is 5.70. The molecule has 112 valence electrons. The third-order valence-electron chi connectivity index (χ3n) is 5.65. The predicted molar refractivity (Wildman–Crippen MR) is 83.5 cm³/mol. The minimum absolute atomic E-state index is 0.771. The fourth-order valence-electron chi connectivity index (χ4n) is 4.23. The normalized spacial score (nSPS) is 35.1. The first-order valence-electron chi connectivity index (χ1n) is 8.68. The van der Waals surface area contributed by atoms with Crippen molar-refractivity contribution in [2.45, 2.75) is 96.8 Å². The maximum atomic E-state index is 3.78. The molecule has 0 saturated carbocycles. The van der Waals surface area contributed by atoms with Crippen LogP contribution in [0.15, 0.2) is 0 Å². The van der Waals surface area contributed by atoms with Gasteiger partial charge < -0.3 is 5.32 Å². The van der Waals surface area contributed by atoms with Crippen LogP contribution in [0.25, 0.3) is 0 Å². The Morgan fingerprint density at radius 2 is 1.74 bits per heavy atom. The quantitative estimate of drug-likeness (QED) is 0.786. The summed E-state index contributed by atoms with van der Waals surface area (Å²) in [7, 11) is 0. The van der Waals surface area contributed by atoms with Crippen LogP contribution in [0.5, 0.6) is 0 Å². The fraction of sp³-hybridized carbons (Fsp3) is 1.00. The minimum Gasteiger partial charge on any atom is -0.314 e. The summed E-state index contributed by atoms with van der Waals surface area (Å²) < 4.78 is 0. The summed E-state index contributed by atoms with van der Waals surface area (Å²) in [5, 5.41) is 3.78. The van der Waals surface area contributed by atoms with E-state index in [1.54, 1.807) is 0 Å². The van der Waals surface area contributed by atoms with E-state index in [9.17, 15) is 0 Å². The van der Waals surface area contributed by atoms with Gasteiger partial charge in [0.1, 0.15) is 0 Å². The summed E-state index contributed by atoms with van der Waals surface area (Å²) in [6.45, 7) is 10.7. The molecule has 0 aromatic carbocycles. The molecule has 2 rings (SSSR count). The van der Waals surface area contributed by atoms with Crippen LogP contribution >= 0.6 is 0 Å². The second-order valence-corrected chi connectivity index (χ2v) is 6.93. The molecule has 2 aliphatic heterocycles. The van der Waals surface area contributed by atoms with Crippen LogP contribution in [0.2, 0.25) is 0 Å². The number of piperidine rings is 2. The van der Waals surface area contributed by atoms with E-state index in [1.807, 2.05) is 0 Å². The number of hydrogen-bond acceptors (Lipinski definition) is 2. The molecule has 1 N–H and O–H groups in total. The third-order valence-corrected chi connectivity index (χ3v) is 5.65. The maximum absolute atomic E-state index is 3.78. The molecule has 4 atom stereocenters. The monoisotopic (exact) mass is 266 g/mol. The van der Waals surface area contributed by atoms with Crippen LogP contribution in [0.1, 0.15) is 72.6 Å². The summed E-state index contributed by atoms with van der Waals surface area (Å²) in [5.74, 6) is 0.836. The number of nitrogens with zero attached hydrogens (tertiary/aromatic N) is 1. The molecule has 19 heavy (non-hydrogen) atoms. The molecule has 2 heterocycles. The van der Waals surface area contributed by atoms with E-state index in [0.29, 0.717) is 0 Å². The van der Waals surface area contributed by atoms with Crippen molar-refractivity contribution in [3.63, 3.8) is 0 Å². The van der Waals surface area contributed by atoms with Crippen molar-refractivity contribution in [2.24, 2.45) is 5.92 Å². The average Bonchev–Trinajstić information content (AvgIpc) is 2.42. The molecule has 2 fully saturated rings. The number of rotatable bonds is 6. The van der Waals surface area contributed by atoms with Crippen molar-refractivity contribution >= 4 is 0 Å². The van der Waals surface area contributed by atoms with Crippen LogP contribution in [0, 0.1) is 5.92 Å². The first kappa shape index (κ1) is 15.3. The molecule has 0 radical (unpaired) electrons. The van der Waals surface area contributed by atoms with Gasteiger partial charge in [0.05, 0.1) is 0 Å². The van der Waals surface area contributed by atoms with Gasteiger partial charge >= 0.3 is 0 Å². The zero-order chi connectivity index (χ0) is 13.8. The molecule has 0 aromatic heterocycles. The largest absolute Gasteiger partial charge is 0.314 e. The maximum Gasteiger partial charge on any atom is 0.0116 e. The zero-order valence-corrected chi connectivity index (χ0v) is 13.5. The second kappa shape index (κ2) is 7.08. The van der Waals surface area contributed by atoms with E-state index in [2.05, 4.69) is 37.9 Å². The topological polar surface area (TPSA) is 15.3 Å². The number of nitrogens with one attached hydrogen (secondary N) is 1. The van der Waals surface area contributed by atoms with Gasteiger partial charge in [-0.05, 0) is 51.5 Å². The molecule has 2 bridgehead atoms. The van der Waals surface area contributed by atoms with Gasteiger partial charge in [-0.3, -0.25) is 4.90 Å². The Balaban J connectivity index is 1.99. The lowest BCUT2D eigenvalue weighted by atomic mass is 9.79. The summed E-state index contributed by atoms with van der Waals surface area (Å²) in [6, 6.07) is 3.26. The van der Waals surface area contributed by atoms with E-state index in [1.165, 1.54) is 51.5 Å². The van der Waals surface area contributed by atoms with Crippen LogP contribution in [-0.4, -0.2) is 35.6 Å². The van der Waals surface area contributed by atoms with Crippen molar-refractivity contribution in [3.05, 3.63) is 0 Å². The van der Waals surface area contributed by atoms with Crippen molar-refractivity contribution in [1.82, 2.24) is 10.2 Å². The van der Waals surface area contributed by atoms with Crippen LogP contribution in [-0.2, 0) is 0 Å². The van der Waals surface area contributed by atoms with Gasteiger partial charge in [0.15, 0.2) is 0 Å². The van der Waals surface area contributed by atoms with Gasteiger partial charge in [-0.25, -0.2) is 0 Å². The first-order chi connectivity index (χ1) is 9.17. The summed E-state index contributed by atoms with van der Waals surface area (Å²) in [6.07, 6.45) is 9.67. The Morgan fingerprint density at radius 3 is 2.26 bits per heavy atom. The van der Waals surface area contributed by atoms with E-state index in [-0.39, 0.29) is 0 Å². The Hall–Kier alpha value is -0.0800. The first-order valence-corrected chi connectivity index (χ1v) is 8.68. The minimum atomic E-state index is 0.771. The highest BCUT2D eigenvalue weighted by Crippen LogP contribution is 2.37. The highest BCUT2D eigenvalue weighted by Gasteiger charge is 2.40. The fourth-order valence-corrected chi connectivity index (χ4v) is 4.23. The van der Waals surface area contributed by atoms with Gasteiger partial charge in [-0.2, -0.15) is 0 Å². The second-order valence-electron chi connectivity index (χ2n) is 6.93. The molecular weight excluding hydrogens is 232 g/mol. The van der Waals surface area contributed by atoms with Crippen molar-refractivity contribution in [3.8, 4) is 0 Å². The summed E-state index contributed by atoms with van der Waals surface area (Å²) in [5.41, 5.74) is 0. The Labute approximate surface area is 120 Å². The molecule has 2 nitrogen and oxygen atoms in total. The molecule has 0 aliphatic carbocycles. The molecule has 2 aliphatic rings. The molecule has 0 amide bonds. The molecule has 2 saturated heterocycles. The predicted octanol–water partition coefficient (Wildman–Crippen LogP) is 3.81. The van der Waals surface area contributed by atoms with E-state index in [0.717, 1.165) is 30.1 Å². The van der Waals surface area contributed by atoms with Crippen LogP contribution in [0.3, 0.4) is 0 Å². The smallest absolute Gasteiger partial charge is 0.0116 e. The zero-order valence-electron chi connectivity index (χ0n) is 13.5. The van der Waals surface area contributed by atoms with E-state index >= 15 is 0 Å². The standard InChI is InChI=1S/C17H34N2/c1-5-10-18-15-11-16-8-7-9-17(12-15)19(16)14(4)13(3)6-2/h13-18H,5-12H2,1-4H3. The molecule has 0 aromatic rings. The van der Waals surface area contributed by atoms with E-state index < -0.39 is 0 Å². The van der Waals surface area contributed by atoms with Gasteiger partial charge in [0.2, 0.25) is 0 Å². The average molecular weight is 266 g/mol. The number of fused-ring (bicyclic) bond motifs is 2. The molecular formula is C17H34N2. The van der Waals surface area contributed by atoms with Crippen molar-refractivity contribution in [1.29, 1.82) is 0 Å². The van der Waals surface area contributed by atoms with Gasteiger partial charge in [0, 0.05) is 24.2 Å².